The summed E-state index contributed by atoms with van der Waals surface area (Å²) in [5, 5.41) is 3.16. The fourth-order valence-electron chi connectivity index (χ4n) is 1.95. The maximum Gasteiger partial charge on any atom is 0.131 e. The molecule has 1 heterocycles. The molecule has 0 atom stereocenters. The lowest BCUT2D eigenvalue weighted by Gasteiger charge is -2.11. The van der Waals surface area contributed by atoms with Crippen molar-refractivity contribution in [3.63, 3.8) is 0 Å². The Balaban J connectivity index is 2.56. The van der Waals surface area contributed by atoms with Crippen molar-refractivity contribution in [1.82, 2.24) is 9.97 Å². The predicted octanol–water partition coefficient (Wildman–Crippen LogP) is 3.29. The summed E-state index contributed by atoms with van der Waals surface area (Å²) in [6.45, 7) is 4.74. The van der Waals surface area contributed by atoms with Crippen molar-refractivity contribution in [2.45, 2.75) is 20.3 Å². The van der Waals surface area contributed by atoms with Crippen LogP contribution < -0.4 is 10.1 Å². The second-order valence-corrected chi connectivity index (χ2v) is 4.28. The fourth-order valence-corrected chi connectivity index (χ4v) is 1.95. The molecule has 1 aromatic heterocycles. The third kappa shape index (κ3) is 3.04. The monoisotopic (exact) mass is 275 g/mol. The molecule has 0 aliphatic rings. The van der Waals surface area contributed by atoms with Gasteiger partial charge < -0.3 is 10.1 Å². The van der Waals surface area contributed by atoms with Gasteiger partial charge in [0.2, 0.25) is 0 Å². The molecular formula is C15H18FN3O. The van der Waals surface area contributed by atoms with Crippen LogP contribution in [0.5, 0.6) is 5.75 Å². The Morgan fingerprint density at radius 1 is 1.20 bits per heavy atom. The molecule has 0 saturated carbocycles. The Bertz CT molecular complexity index is 602. The summed E-state index contributed by atoms with van der Waals surface area (Å²) in [5.74, 6) is 1.72. The van der Waals surface area contributed by atoms with Gasteiger partial charge in [-0.05, 0) is 25.1 Å². The zero-order chi connectivity index (χ0) is 14.5. The molecule has 2 aromatic rings. The van der Waals surface area contributed by atoms with Crippen LogP contribution in [0.1, 0.15) is 19.7 Å². The molecule has 0 aliphatic carbocycles. The topological polar surface area (TPSA) is 47.0 Å². The van der Waals surface area contributed by atoms with Gasteiger partial charge in [0, 0.05) is 24.6 Å². The van der Waals surface area contributed by atoms with Crippen molar-refractivity contribution in [2.24, 2.45) is 0 Å². The summed E-state index contributed by atoms with van der Waals surface area (Å²) in [7, 11) is 1.56. The number of hydrogen-bond donors (Lipinski definition) is 1. The summed E-state index contributed by atoms with van der Waals surface area (Å²) in [5.41, 5.74) is 1.29. The van der Waals surface area contributed by atoms with E-state index in [1.807, 2.05) is 13.8 Å². The maximum absolute atomic E-state index is 13.5. The molecule has 0 bridgehead atoms. The first-order valence-electron chi connectivity index (χ1n) is 6.63. The Morgan fingerprint density at radius 2 is 2.00 bits per heavy atom. The molecule has 5 heteroatoms. The van der Waals surface area contributed by atoms with Gasteiger partial charge in [-0.1, -0.05) is 6.92 Å². The van der Waals surface area contributed by atoms with Crippen molar-refractivity contribution in [1.29, 1.82) is 0 Å². The standard InChI is InChI=1S/C15H18FN3O/c1-4-14-18-12(9-15(19-14)17-5-2)11-8-10(16)6-7-13(11)20-3/h6-9H,4-5H2,1-3H3,(H,17,18,19). The first-order valence-corrected chi connectivity index (χ1v) is 6.63. The van der Waals surface area contributed by atoms with E-state index in [0.717, 1.165) is 12.4 Å². The van der Waals surface area contributed by atoms with Crippen LogP contribution in [-0.4, -0.2) is 23.6 Å². The number of nitrogens with zero attached hydrogens (tertiary/aromatic N) is 2. The van der Waals surface area contributed by atoms with E-state index < -0.39 is 0 Å². The summed E-state index contributed by atoms with van der Waals surface area (Å²) >= 11 is 0. The highest BCUT2D eigenvalue weighted by Gasteiger charge is 2.11. The quantitative estimate of drug-likeness (QED) is 0.909. The van der Waals surface area contributed by atoms with Crippen molar-refractivity contribution < 1.29 is 9.13 Å². The second kappa shape index (κ2) is 6.32. The number of anilines is 1. The van der Waals surface area contributed by atoms with Crippen LogP contribution in [-0.2, 0) is 6.42 Å². The Kier molecular flexibility index (Phi) is 4.50. The number of ether oxygens (including phenoxy) is 1. The van der Waals surface area contributed by atoms with Gasteiger partial charge in [0.25, 0.3) is 0 Å². The van der Waals surface area contributed by atoms with Crippen molar-refractivity contribution in [2.75, 3.05) is 19.0 Å². The largest absolute Gasteiger partial charge is 0.496 e. The molecular weight excluding hydrogens is 257 g/mol. The normalized spacial score (nSPS) is 10.4. The molecule has 1 N–H and O–H groups in total. The van der Waals surface area contributed by atoms with Gasteiger partial charge >= 0.3 is 0 Å². The van der Waals surface area contributed by atoms with Gasteiger partial charge in [0.1, 0.15) is 23.2 Å². The number of halogens is 1. The van der Waals surface area contributed by atoms with Crippen LogP contribution >= 0.6 is 0 Å². The van der Waals surface area contributed by atoms with E-state index in [-0.39, 0.29) is 5.82 Å². The van der Waals surface area contributed by atoms with E-state index in [0.29, 0.717) is 29.3 Å². The highest BCUT2D eigenvalue weighted by Crippen LogP contribution is 2.30. The lowest BCUT2D eigenvalue weighted by atomic mass is 10.1. The first kappa shape index (κ1) is 14.2. The van der Waals surface area contributed by atoms with Crippen LogP contribution in [0.2, 0.25) is 0 Å². The number of aromatic nitrogens is 2. The minimum atomic E-state index is -0.317. The fraction of sp³-hybridized carbons (Fsp3) is 0.333. The molecule has 20 heavy (non-hydrogen) atoms. The van der Waals surface area contributed by atoms with Crippen molar-refractivity contribution >= 4 is 5.82 Å². The number of benzene rings is 1. The average molecular weight is 275 g/mol. The summed E-state index contributed by atoms with van der Waals surface area (Å²) in [4.78, 5) is 8.84. The highest BCUT2D eigenvalue weighted by molar-refractivity contribution is 5.69. The van der Waals surface area contributed by atoms with Gasteiger partial charge in [-0.15, -0.1) is 0 Å². The van der Waals surface area contributed by atoms with Gasteiger partial charge in [0.15, 0.2) is 0 Å². The number of nitrogens with one attached hydrogen (secondary N) is 1. The number of rotatable bonds is 5. The molecule has 0 unspecified atom stereocenters. The van der Waals surface area contributed by atoms with E-state index in [4.69, 9.17) is 4.74 Å². The number of hydrogen-bond acceptors (Lipinski definition) is 4. The predicted molar refractivity (Wildman–Crippen MR) is 77.5 cm³/mol. The summed E-state index contributed by atoms with van der Waals surface area (Å²) < 4.78 is 18.8. The molecule has 0 amide bonds. The molecule has 4 nitrogen and oxygen atoms in total. The Morgan fingerprint density at radius 3 is 2.65 bits per heavy atom. The van der Waals surface area contributed by atoms with Gasteiger partial charge in [0.05, 0.1) is 12.8 Å². The molecule has 2 rings (SSSR count). The highest BCUT2D eigenvalue weighted by atomic mass is 19.1. The molecule has 0 radical (unpaired) electrons. The van der Waals surface area contributed by atoms with Crippen LogP contribution in [0.25, 0.3) is 11.3 Å². The number of methoxy groups -OCH3 is 1. The molecule has 1 aromatic carbocycles. The van der Waals surface area contributed by atoms with E-state index >= 15 is 0 Å². The molecule has 0 fully saturated rings. The molecule has 106 valence electrons. The molecule has 0 spiro atoms. The average Bonchev–Trinajstić information content (AvgIpc) is 2.47. The third-order valence-electron chi connectivity index (χ3n) is 2.88. The Labute approximate surface area is 118 Å². The van der Waals surface area contributed by atoms with Gasteiger partial charge in [-0.25, -0.2) is 14.4 Å². The van der Waals surface area contributed by atoms with Crippen molar-refractivity contribution in [3.05, 3.63) is 35.9 Å². The minimum Gasteiger partial charge on any atom is -0.496 e. The third-order valence-corrected chi connectivity index (χ3v) is 2.88. The zero-order valence-electron chi connectivity index (χ0n) is 11.9. The van der Waals surface area contributed by atoms with Gasteiger partial charge in [-0.3, -0.25) is 0 Å². The van der Waals surface area contributed by atoms with Gasteiger partial charge in [-0.2, -0.15) is 0 Å². The van der Waals surface area contributed by atoms with Crippen LogP contribution in [0.4, 0.5) is 10.2 Å². The van der Waals surface area contributed by atoms with Crippen LogP contribution in [0.3, 0.4) is 0 Å². The first-order chi connectivity index (χ1) is 9.67. The van der Waals surface area contributed by atoms with Crippen molar-refractivity contribution in [3.8, 4) is 17.0 Å². The van der Waals surface area contributed by atoms with E-state index in [2.05, 4.69) is 15.3 Å². The van der Waals surface area contributed by atoms with E-state index in [1.54, 1.807) is 19.2 Å². The van der Waals surface area contributed by atoms with Crippen LogP contribution in [0.15, 0.2) is 24.3 Å². The summed E-state index contributed by atoms with van der Waals surface area (Å²) in [6.07, 6.45) is 0.712. The minimum absolute atomic E-state index is 0.317. The lowest BCUT2D eigenvalue weighted by Crippen LogP contribution is -2.04. The smallest absolute Gasteiger partial charge is 0.131 e. The number of aryl methyl sites for hydroxylation is 1. The summed E-state index contributed by atoms with van der Waals surface area (Å²) in [6, 6.07) is 6.21. The maximum atomic E-state index is 13.5. The SMILES string of the molecule is CCNc1cc(-c2cc(F)ccc2OC)nc(CC)n1. The molecule has 0 aliphatic heterocycles. The molecule has 0 saturated heterocycles. The van der Waals surface area contributed by atoms with E-state index in [9.17, 15) is 4.39 Å². The Hall–Kier alpha value is -2.17. The van der Waals surface area contributed by atoms with Crippen LogP contribution in [0, 0.1) is 5.82 Å². The zero-order valence-corrected chi connectivity index (χ0v) is 11.9. The van der Waals surface area contributed by atoms with E-state index in [1.165, 1.54) is 12.1 Å². The lowest BCUT2D eigenvalue weighted by molar-refractivity contribution is 0.415. The second-order valence-electron chi connectivity index (χ2n) is 4.28.